The van der Waals surface area contributed by atoms with Gasteiger partial charge in [0.1, 0.15) is 12.1 Å². The Morgan fingerprint density at radius 3 is 2.69 bits per heavy atom. The summed E-state index contributed by atoms with van der Waals surface area (Å²) in [6, 6.07) is 5.44. The van der Waals surface area contributed by atoms with Gasteiger partial charge < -0.3 is 10.6 Å². The number of nitrogens with zero attached hydrogens (tertiary/aromatic N) is 2. The van der Waals surface area contributed by atoms with Crippen LogP contribution in [0.3, 0.4) is 0 Å². The predicted molar refractivity (Wildman–Crippen MR) is 108 cm³/mol. The van der Waals surface area contributed by atoms with Gasteiger partial charge in [-0.25, -0.2) is 13.2 Å². The number of amides is 4. The van der Waals surface area contributed by atoms with E-state index in [4.69, 9.17) is 0 Å². The molecule has 156 valence electrons. The highest BCUT2D eigenvalue weighted by Gasteiger charge is 2.53. The highest BCUT2D eigenvalue weighted by molar-refractivity contribution is 7.99. The van der Waals surface area contributed by atoms with E-state index >= 15 is 0 Å². The molecule has 3 heterocycles. The number of benzene rings is 1. The lowest BCUT2D eigenvalue weighted by Gasteiger charge is -2.19. The molecule has 4 rings (SSSR count). The number of carbonyl (C=O) groups is 3. The van der Waals surface area contributed by atoms with Crippen molar-refractivity contribution < 1.29 is 22.8 Å². The zero-order chi connectivity index (χ0) is 20.6. The molecule has 1 spiro atoms. The van der Waals surface area contributed by atoms with E-state index < -0.39 is 34.0 Å². The molecule has 0 aliphatic carbocycles. The monoisotopic (exact) mass is 438 g/mol. The van der Waals surface area contributed by atoms with Crippen LogP contribution in [0.15, 0.2) is 29.2 Å². The molecular formula is C18H22N4O5S2. The number of carbonyl (C=O) groups excluding carboxylic acids is 3. The zero-order valence-electron chi connectivity index (χ0n) is 15.7. The summed E-state index contributed by atoms with van der Waals surface area (Å²) in [6.07, 6.45) is 2.22. The van der Waals surface area contributed by atoms with Crippen molar-refractivity contribution in [3.8, 4) is 0 Å². The lowest BCUT2D eigenvalue weighted by Crippen LogP contribution is -2.47. The third kappa shape index (κ3) is 3.74. The second-order valence-electron chi connectivity index (χ2n) is 7.39. The number of sulfonamides is 1. The fourth-order valence-corrected chi connectivity index (χ4v) is 6.70. The van der Waals surface area contributed by atoms with Crippen molar-refractivity contribution in [3.63, 3.8) is 0 Å². The van der Waals surface area contributed by atoms with Crippen LogP contribution < -0.4 is 10.6 Å². The number of hydrogen-bond acceptors (Lipinski definition) is 6. The van der Waals surface area contributed by atoms with Gasteiger partial charge in [-0.05, 0) is 43.2 Å². The molecule has 0 radical (unpaired) electrons. The summed E-state index contributed by atoms with van der Waals surface area (Å²) >= 11 is 1.59. The maximum atomic E-state index is 12.7. The fraction of sp³-hybridized carbons (Fsp3) is 0.500. The number of urea groups is 1. The average Bonchev–Trinajstić information content (AvgIpc) is 3.42. The predicted octanol–water partition coefficient (Wildman–Crippen LogP) is 0.837. The molecule has 3 aliphatic heterocycles. The van der Waals surface area contributed by atoms with Crippen LogP contribution in [0.4, 0.5) is 10.5 Å². The molecule has 9 nitrogen and oxygen atoms in total. The standard InChI is InChI=1S/C18H22N4O5S2/c23-15(11-22-16(24)18(20-17(22)25)6-9-28-12-18)19-13-4-3-5-14(10-13)29(26,27)21-7-1-2-8-21/h3-5,10H,1-2,6-9,11-12H2,(H,19,23)(H,20,25). The van der Waals surface area contributed by atoms with E-state index in [-0.39, 0.29) is 10.8 Å². The van der Waals surface area contributed by atoms with Gasteiger partial charge in [0.2, 0.25) is 15.9 Å². The van der Waals surface area contributed by atoms with Crippen LogP contribution in [0, 0.1) is 0 Å². The molecular weight excluding hydrogens is 416 g/mol. The van der Waals surface area contributed by atoms with Gasteiger partial charge in [-0.1, -0.05) is 6.07 Å². The molecule has 1 atom stereocenters. The van der Waals surface area contributed by atoms with Gasteiger partial charge in [0.25, 0.3) is 5.91 Å². The summed E-state index contributed by atoms with van der Waals surface area (Å²) in [6.45, 7) is 0.566. The Balaban J connectivity index is 1.44. The first-order chi connectivity index (χ1) is 13.8. The number of anilines is 1. The molecule has 2 N–H and O–H groups in total. The first-order valence-corrected chi connectivity index (χ1v) is 12.0. The minimum absolute atomic E-state index is 0.106. The summed E-state index contributed by atoms with van der Waals surface area (Å²) in [5.74, 6) is 0.344. The van der Waals surface area contributed by atoms with Crippen LogP contribution in [0.5, 0.6) is 0 Å². The zero-order valence-corrected chi connectivity index (χ0v) is 17.4. The SMILES string of the molecule is O=C(CN1C(=O)NC2(CCSC2)C1=O)Nc1cccc(S(=O)(=O)N2CCCC2)c1. The van der Waals surface area contributed by atoms with Crippen LogP contribution >= 0.6 is 11.8 Å². The molecule has 1 aromatic rings. The minimum atomic E-state index is -3.60. The van der Waals surface area contributed by atoms with Crippen molar-refractivity contribution in [1.82, 2.24) is 14.5 Å². The largest absolute Gasteiger partial charge is 0.325 e. The highest BCUT2D eigenvalue weighted by atomic mass is 32.2. The van der Waals surface area contributed by atoms with E-state index in [1.165, 1.54) is 16.4 Å². The van der Waals surface area contributed by atoms with Crippen molar-refractivity contribution in [3.05, 3.63) is 24.3 Å². The van der Waals surface area contributed by atoms with Crippen LogP contribution in [-0.4, -0.2) is 72.1 Å². The molecule has 1 aromatic carbocycles. The summed E-state index contributed by atoms with van der Waals surface area (Å²) in [7, 11) is -3.60. The normalized spacial score (nSPS) is 25.0. The molecule has 29 heavy (non-hydrogen) atoms. The van der Waals surface area contributed by atoms with Crippen molar-refractivity contribution in [2.45, 2.75) is 29.7 Å². The van der Waals surface area contributed by atoms with E-state index in [2.05, 4.69) is 10.6 Å². The number of thioether (sulfide) groups is 1. The van der Waals surface area contributed by atoms with E-state index in [0.717, 1.165) is 23.5 Å². The van der Waals surface area contributed by atoms with Gasteiger partial charge in [-0.15, -0.1) is 0 Å². The van der Waals surface area contributed by atoms with Crippen molar-refractivity contribution in [2.75, 3.05) is 36.5 Å². The quantitative estimate of drug-likeness (QED) is 0.658. The topological polar surface area (TPSA) is 116 Å². The van der Waals surface area contributed by atoms with Crippen LogP contribution in [-0.2, 0) is 19.6 Å². The highest BCUT2D eigenvalue weighted by Crippen LogP contribution is 2.33. The molecule has 3 aliphatic rings. The van der Waals surface area contributed by atoms with Gasteiger partial charge >= 0.3 is 6.03 Å². The van der Waals surface area contributed by atoms with Gasteiger partial charge in [-0.3, -0.25) is 14.5 Å². The smallest absolute Gasteiger partial charge is 0.324 e. The lowest BCUT2D eigenvalue weighted by molar-refractivity contribution is -0.133. The molecule has 0 aromatic heterocycles. The summed E-state index contributed by atoms with van der Waals surface area (Å²) in [5.41, 5.74) is -0.598. The maximum absolute atomic E-state index is 12.7. The Morgan fingerprint density at radius 2 is 2.00 bits per heavy atom. The minimum Gasteiger partial charge on any atom is -0.324 e. The van der Waals surface area contributed by atoms with Crippen LogP contribution in [0.2, 0.25) is 0 Å². The second-order valence-corrected chi connectivity index (χ2v) is 10.4. The second kappa shape index (κ2) is 7.62. The Morgan fingerprint density at radius 1 is 1.24 bits per heavy atom. The van der Waals surface area contributed by atoms with Gasteiger partial charge in [0, 0.05) is 24.5 Å². The summed E-state index contributed by atoms with van der Waals surface area (Å²) < 4.78 is 26.8. The van der Waals surface area contributed by atoms with Crippen molar-refractivity contribution in [1.29, 1.82) is 0 Å². The number of rotatable bonds is 5. The first-order valence-electron chi connectivity index (χ1n) is 9.44. The molecule has 3 fully saturated rings. The number of imide groups is 1. The van der Waals surface area contributed by atoms with Crippen LogP contribution in [0.25, 0.3) is 0 Å². The fourth-order valence-electron chi connectivity index (χ4n) is 3.81. The van der Waals surface area contributed by atoms with Gasteiger partial charge in [0.15, 0.2) is 0 Å². The first kappa shape index (κ1) is 20.2. The molecule has 4 amide bonds. The average molecular weight is 439 g/mol. The summed E-state index contributed by atoms with van der Waals surface area (Å²) in [4.78, 5) is 38.3. The number of nitrogens with one attached hydrogen (secondary N) is 2. The van der Waals surface area contributed by atoms with E-state index in [1.807, 2.05) is 0 Å². The lowest BCUT2D eigenvalue weighted by atomic mass is 9.99. The Bertz CT molecular complexity index is 953. The van der Waals surface area contributed by atoms with E-state index in [1.54, 1.807) is 23.9 Å². The summed E-state index contributed by atoms with van der Waals surface area (Å²) in [5, 5.41) is 5.30. The maximum Gasteiger partial charge on any atom is 0.325 e. The van der Waals surface area contributed by atoms with Gasteiger partial charge in [0.05, 0.1) is 4.90 Å². The molecule has 11 heteroatoms. The third-order valence-electron chi connectivity index (χ3n) is 5.39. The van der Waals surface area contributed by atoms with Crippen molar-refractivity contribution in [2.24, 2.45) is 0 Å². The van der Waals surface area contributed by atoms with Crippen molar-refractivity contribution >= 4 is 45.3 Å². The third-order valence-corrected chi connectivity index (χ3v) is 8.47. The molecule has 1 unspecified atom stereocenters. The molecule has 0 saturated carbocycles. The number of hydrogen-bond donors (Lipinski definition) is 2. The van der Waals surface area contributed by atoms with E-state index in [0.29, 0.717) is 31.0 Å². The van der Waals surface area contributed by atoms with Gasteiger partial charge in [-0.2, -0.15) is 16.1 Å². The van der Waals surface area contributed by atoms with Crippen LogP contribution in [0.1, 0.15) is 19.3 Å². The molecule has 3 saturated heterocycles. The Hall–Kier alpha value is -2.11. The van der Waals surface area contributed by atoms with E-state index in [9.17, 15) is 22.8 Å². The molecule has 0 bridgehead atoms. The Labute approximate surface area is 173 Å². The Kier molecular flexibility index (Phi) is 5.30.